The van der Waals surface area contributed by atoms with E-state index in [2.05, 4.69) is 28.8 Å². The van der Waals surface area contributed by atoms with Gasteiger partial charge in [-0.3, -0.25) is 9.47 Å². The second-order valence-electron chi connectivity index (χ2n) is 6.36. The van der Waals surface area contributed by atoms with E-state index in [1.807, 2.05) is 6.07 Å². The summed E-state index contributed by atoms with van der Waals surface area (Å²) in [5.74, 6) is 1.20. The van der Waals surface area contributed by atoms with Gasteiger partial charge in [-0.15, -0.1) is 0 Å². The predicted octanol–water partition coefficient (Wildman–Crippen LogP) is 3.13. The summed E-state index contributed by atoms with van der Waals surface area (Å²) in [5.41, 5.74) is 2.65. The Morgan fingerprint density at radius 3 is 2.96 bits per heavy atom. The highest BCUT2D eigenvalue weighted by Crippen LogP contribution is 2.31. The predicted molar refractivity (Wildman–Crippen MR) is 92.1 cm³/mol. The maximum atomic E-state index is 11.2. The molecule has 0 amide bonds. The minimum absolute atomic E-state index is 0.396. The van der Waals surface area contributed by atoms with Gasteiger partial charge in [0.1, 0.15) is 12.1 Å². The Morgan fingerprint density at radius 2 is 2.16 bits per heavy atom. The maximum absolute atomic E-state index is 11.2. The van der Waals surface area contributed by atoms with Crippen LogP contribution in [0.15, 0.2) is 36.8 Å². The van der Waals surface area contributed by atoms with E-state index in [1.165, 1.54) is 17.1 Å². The van der Waals surface area contributed by atoms with Crippen LogP contribution in [-0.4, -0.2) is 43.7 Å². The van der Waals surface area contributed by atoms with Gasteiger partial charge in [0.05, 0.1) is 11.2 Å². The van der Waals surface area contributed by atoms with E-state index >= 15 is 0 Å². The van der Waals surface area contributed by atoms with E-state index < -0.39 is 6.09 Å². The molecule has 0 spiro atoms. The van der Waals surface area contributed by atoms with Gasteiger partial charge in [-0.1, -0.05) is 0 Å². The summed E-state index contributed by atoms with van der Waals surface area (Å²) in [7, 11) is 2.08. The highest BCUT2D eigenvalue weighted by molar-refractivity contribution is 5.89. The number of benzene rings is 1. The molecule has 0 radical (unpaired) electrons. The average molecular weight is 338 g/mol. The van der Waals surface area contributed by atoms with Gasteiger partial charge in [-0.2, -0.15) is 0 Å². The van der Waals surface area contributed by atoms with Gasteiger partial charge < -0.3 is 9.84 Å². The summed E-state index contributed by atoms with van der Waals surface area (Å²) in [4.78, 5) is 22.1. The van der Waals surface area contributed by atoms with Crippen LogP contribution in [0.25, 0.3) is 10.9 Å². The second kappa shape index (κ2) is 5.86. The van der Waals surface area contributed by atoms with Crippen LogP contribution in [0.5, 0.6) is 11.6 Å². The minimum Gasteiger partial charge on any atom is -0.464 e. The van der Waals surface area contributed by atoms with Gasteiger partial charge >= 0.3 is 6.09 Å². The third-order valence-electron chi connectivity index (χ3n) is 4.73. The molecule has 0 aliphatic carbocycles. The summed E-state index contributed by atoms with van der Waals surface area (Å²) in [5, 5.41) is 9.97. The molecule has 1 aliphatic heterocycles. The van der Waals surface area contributed by atoms with Gasteiger partial charge in [0.15, 0.2) is 0 Å². The van der Waals surface area contributed by atoms with Crippen LogP contribution in [0.3, 0.4) is 0 Å². The standard InChI is InChI=1S/C18H18N4O3/c1-11-7-14-15(9-21(11)2)19-10-20-17(14)25-13-3-4-16-12(8-13)5-6-22(16)18(23)24/h3-6,8,10-11H,7,9H2,1-2H3,(H,23,24). The van der Waals surface area contributed by atoms with Gasteiger partial charge in [-0.05, 0) is 44.7 Å². The van der Waals surface area contributed by atoms with Crippen LogP contribution in [0.1, 0.15) is 18.2 Å². The molecule has 3 aromatic rings. The van der Waals surface area contributed by atoms with Crippen molar-refractivity contribution in [2.24, 2.45) is 0 Å². The molecule has 0 fully saturated rings. The van der Waals surface area contributed by atoms with Crippen molar-refractivity contribution in [2.45, 2.75) is 25.9 Å². The van der Waals surface area contributed by atoms with E-state index in [0.717, 1.165) is 29.6 Å². The second-order valence-corrected chi connectivity index (χ2v) is 6.36. The largest absolute Gasteiger partial charge is 0.464 e. The molecule has 128 valence electrons. The molecule has 7 nitrogen and oxygen atoms in total. The fourth-order valence-corrected chi connectivity index (χ4v) is 3.17. The van der Waals surface area contributed by atoms with E-state index in [-0.39, 0.29) is 0 Å². The van der Waals surface area contributed by atoms with Gasteiger partial charge in [0.2, 0.25) is 5.88 Å². The summed E-state index contributed by atoms with van der Waals surface area (Å²) < 4.78 is 7.20. The fraction of sp³-hybridized carbons (Fsp3) is 0.278. The number of nitrogens with zero attached hydrogens (tertiary/aromatic N) is 4. The molecule has 4 rings (SSSR count). The number of carboxylic acid groups (broad SMARTS) is 1. The highest BCUT2D eigenvalue weighted by atomic mass is 16.5. The molecule has 1 aliphatic rings. The first-order valence-electron chi connectivity index (χ1n) is 8.08. The van der Waals surface area contributed by atoms with Gasteiger partial charge in [0, 0.05) is 29.7 Å². The lowest BCUT2D eigenvalue weighted by Crippen LogP contribution is -2.35. The first-order chi connectivity index (χ1) is 12.0. The van der Waals surface area contributed by atoms with E-state index in [1.54, 1.807) is 18.2 Å². The molecule has 1 aromatic carbocycles. The number of hydrogen-bond acceptors (Lipinski definition) is 5. The zero-order valence-electron chi connectivity index (χ0n) is 14.0. The number of fused-ring (bicyclic) bond motifs is 2. The molecule has 1 atom stereocenters. The van der Waals surface area contributed by atoms with Gasteiger partial charge in [-0.25, -0.2) is 14.8 Å². The normalized spacial score (nSPS) is 17.4. The van der Waals surface area contributed by atoms with Crippen molar-refractivity contribution in [1.29, 1.82) is 0 Å². The Balaban J connectivity index is 1.68. The summed E-state index contributed by atoms with van der Waals surface area (Å²) in [6.45, 7) is 2.94. The quantitative estimate of drug-likeness (QED) is 0.773. The molecular formula is C18H18N4O3. The molecule has 7 heteroatoms. The Bertz CT molecular complexity index is 966. The average Bonchev–Trinajstić information content (AvgIpc) is 3.00. The van der Waals surface area contributed by atoms with Crippen molar-refractivity contribution in [2.75, 3.05) is 7.05 Å². The van der Waals surface area contributed by atoms with E-state index in [9.17, 15) is 4.79 Å². The summed E-state index contributed by atoms with van der Waals surface area (Å²) in [6.07, 6.45) is 2.88. The number of hydrogen-bond donors (Lipinski definition) is 1. The molecule has 1 unspecified atom stereocenters. The van der Waals surface area contributed by atoms with Gasteiger partial charge in [0.25, 0.3) is 0 Å². The lowest BCUT2D eigenvalue weighted by molar-refractivity contribution is 0.197. The monoisotopic (exact) mass is 338 g/mol. The number of likely N-dealkylation sites (N-methyl/N-ethyl adjacent to an activating group) is 1. The number of ether oxygens (including phenoxy) is 1. The summed E-state index contributed by atoms with van der Waals surface area (Å²) >= 11 is 0. The van der Waals surface area contributed by atoms with Crippen LogP contribution < -0.4 is 4.74 Å². The smallest absolute Gasteiger partial charge is 0.415 e. The first-order valence-corrected chi connectivity index (χ1v) is 8.08. The summed E-state index contributed by atoms with van der Waals surface area (Å²) in [6, 6.07) is 7.47. The van der Waals surface area contributed by atoms with Crippen LogP contribution in [0.4, 0.5) is 4.79 Å². The molecule has 0 saturated heterocycles. The number of carbonyl (C=O) groups is 1. The zero-order chi connectivity index (χ0) is 17.6. The van der Waals surface area contributed by atoms with Crippen LogP contribution in [0.2, 0.25) is 0 Å². The Labute approximate surface area is 144 Å². The molecule has 3 heterocycles. The maximum Gasteiger partial charge on any atom is 0.415 e. The molecule has 1 N–H and O–H groups in total. The molecule has 0 saturated carbocycles. The first kappa shape index (κ1) is 15.6. The molecule has 2 aromatic heterocycles. The number of rotatable bonds is 2. The molecule has 0 bridgehead atoms. The van der Waals surface area contributed by atoms with E-state index in [0.29, 0.717) is 23.2 Å². The van der Waals surface area contributed by atoms with Crippen LogP contribution in [-0.2, 0) is 13.0 Å². The highest BCUT2D eigenvalue weighted by Gasteiger charge is 2.25. The Kier molecular flexibility index (Phi) is 3.65. The van der Waals surface area contributed by atoms with E-state index in [4.69, 9.17) is 9.84 Å². The third kappa shape index (κ3) is 2.72. The topological polar surface area (TPSA) is 80.5 Å². The Morgan fingerprint density at radius 1 is 1.32 bits per heavy atom. The van der Waals surface area contributed by atoms with Crippen molar-refractivity contribution < 1.29 is 14.6 Å². The SMILES string of the molecule is CC1Cc2c(ncnc2Oc2ccc3c(ccn3C(=O)O)c2)CN1C. The van der Waals surface area contributed by atoms with Crippen LogP contribution in [0, 0.1) is 0 Å². The zero-order valence-corrected chi connectivity index (χ0v) is 14.0. The fourth-order valence-electron chi connectivity index (χ4n) is 3.17. The van der Waals surface area contributed by atoms with Crippen molar-refractivity contribution in [1.82, 2.24) is 19.4 Å². The van der Waals surface area contributed by atoms with Crippen molar-refractivity contribution >= 4 is 17.0 Å². The third-order valence-corrected chi connectivity index (χ3v) is 4.73. The van der Waals surface area contributed by atoms with Crippen molar-refractivity contribution in [3.05, 3.63) is 48.0 Å². The Hall–Kier alpha value is -2.93. The lowest BCUT2D eigenvalue weighted by atomic mass is 10.0. The molecule has 25 heavy (non-hydrogen) atoms. The number of aromatic nitrogens is 3. The van der Waals surface area contributed by atoms with Crippen molar-refractivity contribution in [3.8, 4) is 11.6 Å². The van der Waals surface area contributed by atoms with Crippen molar-refractivity contribution in [3.63, 3.8) is 0 Å². The van der Waals surface area contributed by atoms with Crippen LogP contribution >= 0.6 is 0 Å². The molecular weight excluding hydrogens is 320 g/mol. The lowest BCUT2D eigenvalue weighted by Gasteiger charge is -2.31. The minimum atomic E-state index is -1.01.